The van der Waals surface area contributed by atoms with Crippen LogP contribution in [-0.2, 0) is 6.54 Å². The highest BCUT2D eigenvalue weighted by molar-refractivity contribution is 5.54. The van der Waals surface area contributed by atoms with E-state index in [1.54, 1.807) is 12.4 Å². The third kappa shape index (κ3) is 2.51. The molecule has 2 aromatic rings. The first kappa shape index (κ1) is 9.61. The van der Waals surface area contributed by atoms with Crippen LogP contribution in [0.2, 0.25) is 0 Å². The molecule has 2 rings (SSSR count). The number of nitrogens with one attached hydrogen (secondary N) is 1. The Balaban J connectivity index is 2.17. The van der Waals surface area contributed by atoms with E-state index in [-0.39, 0.29) is 0 Å². The van der Waals surface area contributed by atoms with Crippen LogP contribution in [0.3, 0.4) is 0 Å². The Morgan fingerprint density at radius 3 is 2.87 bits per heavy atom. The van der Waals surface area contributed by atoms with Gasteiger partial charge in [-0.1, -0.05) is 6.07 Å². The van der Waals surface area contributed by atoms with Gasteiger partial charge in [-0.2, -0.15) is 0 Å². The maximum Gasteiger partial charge on any atom is 0.130 e. The third-order valence-corrected chi connectivity index (χ3v) is 1.95. The van der Waals surface area contributed by atoms with Crippen LogP contribution in [-0.4, -0.2) is 9.97 Å². The SMILES string of the molecule is NCc1cccc(Nc2cccnc2)n1. The Labute approximate surface area is 88.2 Å². The minimum absolute atomic E-state index is 0.447. The van der Waals surface area contributed by atoms with E-state index >= 15 is 0 Å². The summed E-state index contributed by atoms with van der Waals surface area (Å²) in [7, 11) is 0. The summed E-state index contributed by atoms with van der Waals surface area (Å²) in [4.78, 5) is 8.33. The summed E-state index contributed by atoms with van der Waals surface area (Å²) >= 11 is 0. The highest BCUT2D eigenvalue weighted by Gasteiger charge is 1.96. The van der Waals surface area contributed by atoms with Gasteiger partial charge >= 0.3 is 0 Å². The molecule has 0 aromatic carbocycles. The van der Waals surface area contributed by atoms with Crippen molar-refractivity contribution in [2.24, 2.45) is 5.73 Å². The van der Waals surface area contributed by atoms with E-state index in [2.05, 4.69) is 15.3 Å². The number of pyridine rings is 2. The number of anilines is 2. The van der Waals surface area contributed by atoms with Crippen molar-refractivity contribution in [3.63, 3.8) is 0 Å². The first-order chi connectivity index (χ1) is 7.38. The van der Waals surface area contributed by atoms with Crippen LogP contribution >= 0.6 is 0 Å². The van der Waals surface area contributed by atoms with Crippen LogP contribution in [0.1, 0.15) is 5.69 Å². The molecule has 0 atom stereocenters. The summed E-state index contributed by atoms with van der Waals surface area (Å²) < 4.78 is 0. The fourth-order valence-corrected chi connectivity index (χ4v) is 1.25. The second-order valence-corrected chi connectivity index (χ2v) is 3.08. The van der Waals surface area contributed by atoms with Gasteiger partial charge in [-0.05, 0) is 24.3 Å². The molecule has 0 spiro atoms. The Bertz CT molecular complexity index is 428. The minimum Gasteiger partial charge on any atom is -0.339 e. The fraction of sp³-hybridized carbons (Fsp3) is 0.0909. The van der Waals surface area contributed by atoms with E-state index in [0.29, 0.717) is 6.54 Å². The molecule has 4 nitrogen and oxygen atoms in total. The Hall–Kier alpha value is -1.94. The molecule has 76 valence electrons. The molecular weight excluding hydrogens is 188 g/mol. The van der Waals surface area contributed by atoms with E-state index in [4.69, 9.17) is 5.73 Å². The molecule has 15 heavy (non-hydrogen) atoms. The summed E-state index contributed by atoms with van der Waals surface area (Å²) in [6.07, 6.45) is 3.48. The number of nitrogens with two attached hydrogens (primary N) is 1. The quantitative estimate of drug-likeness (QED) is 0.791. The lowest BCUT2D eigenvalue weighted by molar-refractivity contribution is 0.993. The molecule has 4 heteroatoms. The minimum atomic E-state index is 0.447. The maximum absolute atomic E-state index is 5.51. The van der Waals surface area contributed by atoms with Crippen molar-refractivity contribution in [3.05, 3.63) is 48.4 Å². The summed E-state index contributed by atoms with van der Waals surface area (Å²) in [6, 6.07) is 9.52. The molecule has 2 heterocycles. The van der Waals surface area contributed by atoms with Gasteiger partial charge in [-0.25, -0.2) is 4.98 Å². The summed E-state index contributed by atoms with van der Waals surface area (Å²) in [5, 5.41) is 3.15. The Morgan fingerprint density at radius 2 is 2.13 bits per heavy atom. The molecule has 0 fully saturated rings. The van der Waals surface area contributed by atoms with Crippen molar-refractivity contribution >= 4 is 11.5 Å². The van der Waals surface area contributed by atoms with Crippen molar-refractivity contribution in [3.8, 4) is 0 Å². The molecule has 0 unspecified atom stereocenters. The maximum atomic E-state index is 5.51. The van der Waals surface area contributed by atoms with Crippen LogP contribution < -0.4 is 11.1 Å². The molecule has 0 saturated carbocycles. The number of rotatable bonds is 3. The van der Waals surface area contributed by atoms with E-state index in [1.165, 1.54) is 0 Å². The highest BCUT2D eigenvalue weighted by atomic mass is 15.0. The first-order valence-electron chi connectivity index (χ1n) is 4.71. The van der Waals surface area contributed by atoms with E-state index in [1.807, 2.05) is 30.3 Å². The number of nitrogens with zero attached hydrogens (tertiary/aromatic N) is 2. The predicted octanol–water partition coefficient (Wildman–Crippen LogP) is 1.68. The van der Waals surface area contributed by atoms with Crippen LogP contribution in [0.4, 0.5) is 11.5 Å². The zero-order valence-electron chi connectivity index (χ0n) is 8.22. The van der Waals surface area contributed by atoms with E-state index < -0.39 is 0 Å². The van der Waals surface area contributed by atoms with Crippen LogP contribution in [0.15, 0.2) is 42.7 Å². The van der Waals surface area contributed by atoms with Crippen LogP contribution in [0.25, 0.3) is 0 Å². The standard InChI is InChI=1S/C11H12N4/c12-7-9-3-1-5-11(14-9)15-10-4-2-6-13-8-10/h1-6,8H,7,12H2,(H,14,15). The third-order valence-electron chi connectivity index (χ3n) is 1.95. The summed E-state index contributed by atoms with van der Waals surface area (Å²) in [5.41, 5.74) is 7.29. The van der Waals surface area contributed by atoms with E-state index in [9.17, 15) is 0 Å². The molecular formula is C11H12N4. The zero-order valence-corrected chi connectivity index (χ0v) is 8.22. The Morgan fingerprint density at radius 1 is 1.20 bits per heavy atom. The van der Waals surface area contributed by atoms with Gasteiger partial charge in [0.05, 0.1) is 17.6 Å². The van der Waals surface area contributed by atoms with E-state index in [0.717, 1.165) is 17.2 Å². The van der Waals surface area contributed by atoms with Gasteiger partial charge in [0.15, 0.2) is 0 Å². The zero-order chi connectivity index (χ0) is 10.5. The average molecular weight is 200 g/mol. The summed E-state index contributed by atoms with van der Waals surface area (Å²) in [5.74, 6) is 0.783. The number of hydrogen-bond acceptors (Lipinski definition) is 4. The monoisotopic (exact) mass is 200 g/mol. The van der Waals surface area contributed by atoms with Gasteiger partial charge in [-0.15, -0.1) is 0 Å². The molecule has 0 aliphatic carbocycles. The van der Waals surface area contributed by atoms with Gasteiger partial charge in [-0.3, -0.25) is 4.98 Å². The largest absolute Gasteiger partial charge is 0.339 e. The molecule has 0 bridgehead atoms. The first-order valence-corrected chi connectivity index (χ1v) is 4.71. The normalized spacial score (nSPS) is 9.93. The number of hydrogen-bond donors (Lipinski definition) is 2. The average Bonchev–Trinajstić information content (AvgIpc) is 2.31. The molecule has 3 N–H and O–H groups in total. The van der Waals surface area contributed by atoms with Crippen molar-refractivity contribution in [2.45, 2.75) is 6.54 Å². The number of aromatic nitrogens is 2. The van der Waals surface area contributed by atoms with Crippen molar-refractivity contribution in [2.75, 3.05) is 5.32 Å². The second-order valence-electron chi connectivity index (χ2n) is 3.08. The fourth-order valence-electron chi connectivity index (χ4n) is 1.25. The van der Waals surface area contributed by atoms with Crippen molar-refractivity contribution in [1.82, 2.24) is 9.97 Å². The Kier molecular flexibility index (Phi) is 2.90. The topological polar surface area (TPSA) is 63.8 Å². The predicted molar refractivity (Wildman–Crippen MR) is 59.6 cm³/mol. The van der Waals surface area contributed by atoms with Gasteiger partial charge < -0.3 is 11.1 Å². The molecule has 0 amide bonds. The summed E-state index contributed by atoms with van der Waals surface area (Å²) in [6.45, 7) is 0.447. The lowest BCUT2D eigenvalue weighted by Gasteiger charge is -2.05. The van der Waals surface area contributed by atoms with Crippen LogP contribution in [0.5, 0.6) is 0 Å². The van der Waals surface area contributed by atoms with Gasteiger partial charge in [0.2, 0.25) is 0 Å². The second kappa shape index (κ2) is 4.52. The van der Waals surface area contributed by atoms with Gasteiger partial charge in [0.25, 0.3) is 0 Å². The molecule has 0 saturated heterocycles. The highest BCUT2D eigenvalue weighted by Crippen LogP contribution is 2.12. The molecule has 0 radical (unpaired) electrons. The molecule has 2 aromatic heterocycles. The van der Waals surface area contributed by atoms with Crippen molar-refractivity contribution in [1.29, 1.82) is 0 Å². The lowest BCUT2D eigenvalue weighted by Crippen LogP contribution is -2.01. The smallest absolute Gasteiger partial charge is 0.130 e. The molecule has 0 aliphatic rings. The lowest BCUT2D eigenvalue weighted by atomic mass is 10.3. The van der Waals surface area contributed by atoms with Gasteiger partial charge in [0, 0.05) is 12.7 Å². The molecule has 0 aliphatic heterocycles. The van der Waals surface area contributed by atoms with Crippen molar-refractivity contribution < 1.29 is 0 Å². The van der Waals surface area contributed by atoms with Gasteiger partial charge in [0.1, 0.15) is 5.82 Å². The van der Waals surface area contributed by atoms with Crippen LogP contribution in [0, 0.1) is 0 Å².